The molecule has 0 fully saturated rings. The molecule has 18 heavy (non-hydrogen) atoms. The van der Waals surface area contributed by atoms with Crippen molar-refractivity contribution in [1.82, 2.24) is 9.78 Å². The first-order chi connectivity index (χ1) is 8.12. The zero-order chi connectivity index (χ0) is 14.1. The third-order valence-electron chi connectivity index (χ3n) is 3.20. The zero-order valence-corrected chi connectivity index (χ0v) is 12.5. The molecule has 0 bridgehead atoms. The molecule has 1 atom stereocenters. The maximum Gasteiger partial charge on any atom is 0.139 e. The van der Waals surface area contributed by atoms with E-state index in [9.17, 15) is 4.79 Å². The highest BCUT2D eigenvalue weighted by atomic mass is 35.5. The monoisotopic (exact) mass is 271 g/mol. The molecule has 0 aliphatic rings. The Morgan fingerprint density at radius 3 is 2.44 bits per heavy atom. The molecule has 0 aliphatic carbocycles. The molecular formula is C13H22ClN3O. The Morgan fingerprint density at radius 1 is 1.50 bits per heavy atom. The predicted octanol–water partition coefficient (Wildman–Crippen LogP) is 2.26. The molecule has 5 heteroatoms. The van der Waals surface area contributed by atoms with Gasteiger partial charge in [-0.1, -0.05) is 32.4 Å². The number of Topliss-reactive ketones (excluding diaryl/α,β-unsaturated/α-hetero) is 1. The number of hydrogen-bond donors (Lipinski definition) is 1. The Balaban J connectivity index is 2.71. The number of aryl methyl sites for hydroxylation is 2. The lowest BCUT2D eigenvalue weighted by atomic mass is 9.84. The van der Waals surface area contributed by atoms with Crippen LogP contribution in [0, 0.1) is 12.3 Å². The molecule has 0 aliphatic heterocycles. The minimum atomic E-state index is -0.138. The average Bonchev–Trinajstić information content (AvgIpc) is 2.43. The zero-order valence-electron chi connectivity index (χ0n) is 11.7. The van der Waals surface area contributed by atoms with Gasteiger partial charge >= 0.3 is 0 Å². The fourth-order valence-electron chi connectivity index (χ4n) is 1.70. The van der Waals surface area contributed by atoms with E-state index in [0.29, 0.717) is 18.0 Å². The Labute approximate surface area is 113 Å². The summed E-state index contributed by atoms with van der Waals surface area (Å²) < 4.78 is 1.59. The third-order valence-corrected chi connectivity index (χ3v) is 3.68. The molecule has 1 heterocycles. The summed E-state index contributed by atoms with van der Waals surface area (Å²) in [5.74, 6) is 0.107. The van der Waals surface area contributed by atoms with Crippen LogP contribution in [0.1, 0.15) is 38.4 Å². The molecule has 0 radical (unpaired) electrons. The van der Waals surface area contributed by atoms with Crippen LogP contribution in [0.4, 0.5) is 0 Å². The summed E-state index contributed by atoms with van der Waals surface area (Å²) >= 11 is 6.10. The second-order valence-electron chi connectivity index (χ2n) is 5.87. The van der Waals surface area contributed by atoms with Crippen molar-refractivity contribution in [2.45, 2.75) is 46.6 Å². The molecule has 0 spiro atoms. The highest BCUT2D eigenvalue weighted by Crippen LogP contribution is 2.23. The van der Waals surface area contributed by atoms with Crippen LogP contribution in [0.15, 0.2) is 0 Å². The lowest BCUT2D eigenvalue weighted by Gasteiger charge is -2.26. The summed E-state index contributed by atoms with van der Waals surface area (Å²) in [6.45, 7) is 7.96. The topological polar surface area (TPSA) is 60.9 Å². The first-order valence-electron chi connectivity index (χ1n) is 6.08. The van der Waals surface area contributed by atoms with E-state index in [1.54, 1.807) is 11.7 Å². The van der Waals surface area contributed by atoms with Crippen molar-refractivity contribution in [3.8, 4) is 0 Å². The van der Waals surface area contributed by atoms with E-state index in [4.69, 9.17) is 17.3 Å². The van der Waals surface area contributed by atoms with Crippen LogP contribution in [0.2, 0.25) is 5.15 Å². The van der Waals surface area contributed by atoms with Gasteiger partial charge in [0.25, 0.3) is 0 Å². The highest BCUT2D eigenvalue weighted by Gasteiger charge is 2.24. The molecule has 1 rings (SSSR count). The van der Waals surface area contributed by atoms with Crippen molar-refractivity contribution in [2.75, 3.05) is 0 Å². The van der Waals surface area contributed by atoms with Crippen LogP contribution < -0.4 is 5.73 Å². The first-order valence-corrected chi connectivity index (χ1v) is 6.46. The van der Waals surface area contributed by atoms with E-state index < -0.39 is 0 Å². The van der Waals surface area contributed by atoms with E-state index >= 15 is 0 Å². The number of ketones is 1. The summed E-state index contributed by atoms with van der Waals surface area (Å²) in [5, 5.41) is 4.73. The molecule has 0 saturated heterocycles. The number of nitrogens with two attached hydrogens (primary N) is 1. The van der Waals surface area contributed by atoms with Gasteiger partial charge in [0.2, 0.25) is 0 Å². The van der Waals surface area contributed by atoms with Crippen LogP contribution in [0.25, 0.3) is 0 Å². The second-order valence-corrected chi connectivity index (χ2v) is 6.23. The Bertz CT molecular complexity index is 446. The Hall–Kier alpha value is -0.870. The summed E-state index contributed by atoms with van der Waals surface area (Å²) in [6, 6.07) is -0.138. The Morgan fingerprint density at radius 2 is 2.06 bits per heavy atom. The molecular weight excluding hydrogens is 250 g/mol. The van der Waals surface area contributed by atoms with Gasteiger partial charge in [0.1, 0.15) is 10.9 Å². The lowest BCUT2D eigenvalue weighted by molar-refractivity contribution is -0.119. The quantitative estimate of drug-likeness (QED) is 0.914. The van der Waals surface area contributed by atoms with Gasteiger partial charge < -0.3 is 5.73 Å². The van der Waals surface area contributed by atoms with E-state index in [-0.39, 0.29) is 17.2 Å². The lowest BCUT2D eigenvalue weighted by Crippen LogP contribution is -2.37. The summed E-state index contributed by atoms with van der Waals surface area (Å²) in [6.07, 6.45) is 0.677. The summed E-state index contributed by atoms with van der Waals surface area (Å²) in [7, 11) is 1.77. The van der Waals surface area contributed by atoms with Gasteiger partial charge in [0, 0.05) is 31.5 Å². The maximum atomic E-state index is 12.0. The van der Waals surface area contributed by atoms with Gasteiger partial charge in [0.15, 0.2) is 0 Å². The molecule has 4 nitrogen and oxygen atoms in total. The largest absolute Gasteiger partial charge is 0.327 e. The molecule has 1 aromatic rings. The summed E-state index contributed by atoms with van der Waals surface area (Å²) in [5.41, 5.74) is 7.56. The van der Waals surface area contributed by atoms with Crippen LogP contribution in [-0.2, 0) is 18.3 Å². The fraction of sp³-hybridized carbons (Fsp3) is 0.692. The smallest absolute Gasteiger partial charge is 0.139 e. The SMILES string of the molecule is Cc1nn(C)c(Cl)c1CC(=O)CC(N)C(C)(C)C. The molecule has 102 valence electrons. The number of carbonyl (C=O) groups excluding carboxylic acids is 1. The van der Waals surface area contributed by atoms with Crippen molar-refractivity contribution in [3.63, 3.8) is 0 Å². The summed E-state index contributed by atoms with van der Waals surface area (Å²) in [4.78, 5) is 12.0. The van der Waals surface area contributed by atoms with Crippen molar-refractivity contribution in [2.24, 2.45) is 18.2 Å². The van der Waals surface area contributed by atoms with Gasteiger partial charge in [-0.2, -0.15) is 5.10 Å². The van der Waals surface area contributed by atoms with Crippen molar-refractivity contribution in [1.29, 1.82) is 0 Å². The van der Waals surface area contributed by atoms with E-state index in [1.807, 2.05) is 27.7 Å². The predicted molar refractivity (Wildman–Crippen MR) is 73.7 cm³/mol. The van der Waals surface area contributed by atoms with Crippen LogP contribution in [0.5, 0.6) is 0 Å². The van der Waals surface area contributed by atoms with Crippen LogP contribution in [-0.4, -0.2) is 21.6 Å². The average molecular weight is 272 g/mol. The van der Waals surface area contributed by atoms with E-state index in [1.165, 1.54) is 0 Å². The third kappa shape index (κ3) is 3.56. The fourth-order valence-corrected chi connectivity index (χ4v) is 1.94. The van der Waals surface area contributed by atoms with Crippen LogP contribution >= 0.6 is 11.6 Å². The van der Waals surface area contributed by atoms with Crippen molar-refractivity contribution >= 4 is 17.4 Å². The first kappa shape index (κ1) is 15.2. The minimum Gasteiger partial charge on any atom is -0.327 e. The van der Waals surface area contributed by atoms with Crippen LogP contribution in [0.3, 0.4) is 0 Å². The van der Waals surface area contributed by atoms with E-state index in [0.717, 1.165) is 11.3 Å². The molecule has 2 N–H and O–H groups in total. The highest BCUT2D eigenvalue weighted by molar-refractivity contribution is 6.30. The number of aromatic nitrogens is 2. The molecule has 0 saturated carbocycles. The van der Waals surface area contributed by atoms with Crippen molar-refractivity contribution < 1.29 is 4.79 Å². The number of carbonyl (C=O) groups is 1. The Kier molecular flexibility index (Phi) is 4.56. The standard InChI is InChI=1S/C13H22ClN3O/c1-8-10(12(14)17(5)16-8)6-9(18)7-11(15)13(2,3)4/h11H,6-7,15H2,1-5H3. The molecule has 0 amide bonds. The number of hydrogen-bond acceptors (Lipinski definition) is 3. The van der Waals surface area contributed by atoms with E-state index in [2.05, 4.69) is 5.10 Å². The number of halogens is 1. The number of nitrogens with zero attached hydrogens (tertiary/aromatic N) is 2. The minimum absolute atomic E-state index is 0.0660. The molecule has 0 aromatic carbocycles. The number of rotatable bonds is 4. The normalized spacial score (nSPS) is 13.7. The van der Waals surface area contributed by atoms with Gasteiger partial charge in [-0.05, 0) is 12.3 Å². The molecule has 1 aromatic heterocycles. The van der Waals surface area contributed by atoms with Gasteiger partial charge in [-0.15, -0.1) is 0 Å². The van der Waals surface area contributed by atoms with Gasteiger partial charge in [-0.25, -0.2) is 0 Å². The van der Waals surface area contributed by atoms with Gasteiger partial charge in [0.05, 0.1) is 5.69 Å². The van der Waals surface area contributed by atoms with Gasteiger partial charge in [-0.3, -0.25) is 9.48 Å². The molecule has 1 unspecified atom stereocenters. The maximum absolute atomic E-state index is 12.0. The second kappa shape index (κ2) is 5.41. The van der Waals surface area contributed by atoms with Crippen molar-refractivity contribution in [3.05, 3.63) is 16.4 Å².